The molecule has 0 fully saturated rings. The molecular formula is C11H14N4O. The van der Waals surface area contributed by atoms with Gasteiger partial charge in [0, 0.05) is 5.39 Å². The number of rotatable bonds is 3. The number of hydrogen-bond donors (Lipinski definition) is 3. The van der Waals surface area contributed by atoms with Crippen LogP contribution in [0.5, 0.6) is 0 Å². The second kappa shape index (κ2) is 4.32. The lowest BCUT2D eigenvalue weighted by atomic mass is 10.2. The summed E-state index contributed by atoms with van der Waals surface area (Å²) in [5.74, 6) is -0.170. The molecule has 0 aliphatic heterocycles. The molecule has 1 aromatic carbocycles. The Morgan fingerprint density at radius 1 is 1.62 bits per heavy atom. The van der Waals surface area contributed by atoms with Gasteiger partial charge in [-0.2, -0.15) is 5.10 Å². The number of nitrogens with zero attached hydrogens (tertiary/aromatic N) is 1. The number of H-pyrrole nitrogens is 1. The highest BCUT2D eigenvalue weighted by atomic mass is 16.2. The van der Waals surface area contributed by atoms with Gasteiger partial charge in [-0.1, -0.05) is 13.0 Å². The number of hydrogen-bond acceptors (Lipinski definition) is 3. The van der Waals surface area contributed by atoms with E-state index in [1.54, 1.807) is 6.20 Å². The van der Waals surface area contributed by atoms with Crippen LogP contribution in [0.4, 0.5) is 5.69 Å². The first-order valence-corrected chi connectivity index (χ1v) is 5.21. The molecule has 2 rings (SSSR count). The lowest BCUT2D eigenvalue weighted by Crippen LogP contribution is -2.34. The quantitative estimate of drug-likeness (QED) is 0.724. The van der Waals surface area contributed by atoms with Crippen LogP contribution in [0.25, 0.3) is 10.9 Å². The summed E-state index contributed by atoms with van der Waals surface area (Å²) in [6.45, 7) is 1.88. The molecule has 0 radical (unpaired) electrons. The molecule has 0 bridgehead atoms. The molecule has 0 unspecified atom stereocenters. The average molecular weight is 218 g/mol. The van der Waals surface area contributed by atoms with Crippen molar-refractivity contribution in [2.24, 2.45) is 5.73 Å². The first-order chi connectivity index (χ1) is 7.72. The molecule has 5 nitrogen and oxygen atoms in total. The number of carbonyl (C=O) groups excluding carboxylic acids is 1. The van der Waals surface area contributed by atoms with E-state index in [2.05, 4.69) is 15.5 Å². The average Bonchev–Trinajstić information content (AvgIpc) is 2.77. The van der Waals surface area contributed by atoms with Gasteiger partial charge in [0.25, 0.3) is 0 Å². The predicted molar refractivity (Wildman–Crippen MR) is 63.0 cm³/mol. The van der Waals surface area contributed by atoms with Gasteiger partial charge >= 0.3 is 0 Å². The normalized spacial score (nSPS) is 12.6. The predicted octanol–water partition coefficient (Wildman–Crippen LogP) is 1.24. The monoisotopic (exact) mass is 218 g/mol. The molecule has 1 aromatic heterocycles. The van der Waals surface area contributed by atoms with Crippen LogP contribution in [0.2, 0.25) is 0 Å². The van der Waals surface area contributed by atoms with Crippen LogP contribution in [0.1, 0.15) is 13.3 Å². The topological polar surface area (TPSA) is 83.8 Å². The molecule has 0 spiro atoms. The van der Waals surface area contributed by atoms with Crippen LogP contribution < -0.4 is 11.1 Å². The first kappa shape index (κ1) is 10.6. The molecule has 0 aliphatic carbocycles. The zero-order chi connectivity index (χ0) is 11.5. The first-order valence-electron chi connectivity index (χ1n) is 5.21. The van der Waals surface area contributed by atoms with Crippen molar-refractivity contribution in [3.05, 3.63) is 24.4 Å². The van der Waals surface area contributed by atoms with E-state index in [0.717, 1.165) is 16.6 Å². The Morgan fingerprint density at radius 2 is 2.44 bits per heavy atom. The Kier molecular flexibility index (Phi) is 2.87. The zero-order valence-electron chi connectivity index (χ0n) is 9.03. The summed E-state index contributed by atoms with van der Waals surface area (Å²) in [6.07, 6.45) is 2.30. The number of amides is 1. The van der Waals surface area contributed by atoms with E-state index >= 15 is 0 Å². The van der Waals surface area contributed by atoms with Crippen molar-refractivity contribution in [1.29, 1.82) is 0 Å². The summed E-state index contributed by atoms with van der Waals surface area (Å²) in [6, 6.07) is 5.12. The highest BCUT2D eigenvalue weighted by Crippen LogP contribution is 2.20. The van der Waals surface area contributed by atoms with Gasteiger partial charge in [0.05, 0.1) is 23.4 Å². The number of aromatic amines is 1. The molecule has 1 amide bonds. The molecule has 5 heteroatoms. The van der Waals surface area contributed by atoms with E-state index in [4.69, 9.17) is 5.73 Å². The van der Waals surface area contributed by atoms with Crippen molar-refractivity contribution in [2.75, 3.05) is 5.32 Å². The standard InChI is InChI=1S/C11H14N4O/c1-2-8(12)11(16)14-9-4-3-5-10-7(9)6-13-15-10/h3-6,8H,2,12H2,1H3,(H,13,15)(H,14,16)/t8-/m1/s1. The maximum Gasteiger partial charge on any atom is 0.241 e. The highest BCUT2D eigenvalue weighted by Gasteiger charge is 2.12. The number of benzene rings is 1. The molecule has 0 saturated carbocycles. The number of nitrogens with one attached hydrogen (secondary N) is 2. The third-order valence-corrected chi connectivity index (χ3v) is 2.52. The summed E-state index contributed by atoms with van der Waals surface area (Å²) < 4.78 is 0. The van der Waals surface area contributed by atoms with Gasteiger partial charge in [0.15, 0.2) is 0 Å². The molecule has 2 aromatic rings. The van der Waals surface area contributed by atoms with E-state index in [9.17, 15) is 4.79 Å². The van der Waals surface area contributed by atoms with E-state index in [1.807, 2.05) is 25.1 Å². The Balaban J connectivity index is 2.27. The maximum atomic E-state index is 11.6. The molecule has 1 heterocycles. The Hall–Kier alpha value is -1.88. The van der Waals surface area contributed by atoms with Gasteiger partial charge in [-0.25, -0.2) is 0 Å². The van der Waals surface area contributed by atoms with Gasteiger partial charge in [-0.05, 0) is 18.6 Å². The van der Waals surface area contributed by atoms with E-state index < -0.39 is 6.04 Å². The largest absolute Gasteiger partial charge is 0.324 e. The molecular weight excluding hydrogens is 204 g/mol. The molecule has 0 aliphatic rings. The third kappa shape index (κ3) is 1.90. The number of anilines is 1. The fraction of sp³-hybridized carbons (Fsp3) is 0.273. The summed E-state index contributed by atoms with van der Waals surface area (Å²) >= 11 is 0. The maximum absolute atomic E-state index is 11.6. The molecule has 16 heavy (non-hydrogen) atoms. The van der Waals surface area contributed by atoms with Crippen LogP contribution in [-0.2, 0) is 4.79 Å². The Morgan fingerprint density at radius 3 is 3.19 bits per heavy atom. The van der Waals surface area contributed by atoms with Crippen molar-refractivity contribution >= 4 is 22.5 Å². The van der Waals surface area contributed by atoms with Crippen molar-refractivity contribution in [3.63, 3.8) is 0 Å². The van der Waals surface area contributed by atoms with Gasteiger partial charge in [-0.15, -0.1) is 0 Å². The minimum atomic E-state index is -0.470. The van der Waals surface area contributed by atoms with Crippen molar-refractivity contribution in [1.82, 2.24) is 10.2 Å². The third-order valence-electron chi connectivity index (χ3n) is 2.52. The Bertz CT molecular complexity index is 505. The number of fused-ring (bicyclic) bond motifs is 1. The van der Waals surface area contributed by atoms with E-state index in [1.165, 1.54) is 0 Å². The number of carbonyl (C=O) groups is 1. The van der Waals surface area contributed by atoms with Crippen LogP contribution in [0.15, 0.2) is 24.4 Å². The molecule has 1 atom stereocenters. The van der Waals surface area contributed by atoms with Crippen molar-refractivity contribution in [3.8, 4) is 0 Å². The van der Waals surface area contributed by atoms with Gasteiger partial charge in [-0.3, -0.25) is 9.89 Å². The SMILES string of the molecule is CC[C@@H](N)C(=O)Nc1cccc2[nH]ncc12. The van der Waals surface area contributed by atoms with Crippen molar-refractivity contribution in [2.45, 2.75) is 19.4 Å². The van der Waals surface area contributed by atoms with Gasteiger partial charge in [0.1, 0.15) is 0 Å². The fourth-order valence-corrected chi connectivity index (χ4v) is 1.49. The molecule has 4 N–H and O–H groups in total. The summed E-state index contributed by atoms with van der Waals surface area (Å²) in [5.41, 5.74) is 7.28. The molecule has 84 valence electrons. The molecule has 0 saturated heterocycles. The minimum absolute atomic E-state index is 0.170. The van der Waals surface area contributed by atoms with Crippen LogP contribution in [0, 0.1) is 0 Å². The van der Waals surface area contributed by atoms with Crippen molar-refractivity contribution < 1.29 is 4.79 Å². The van der Waals surface area contributed by atoms with E-state index in [0.29, 0.717) is 6.42 Å². The number of aromatic nitrogens is 2. The van der Waals surface area contributed by atoms with Crippen LogP contribution >= 0.6 is 0 Å². The van der Waals surface area contributed by atoms with Gasteiger partial charge < -0.3 is 11.1 Å². The van der Waals surface area contributed by atoms with Crippen LogP contribution in [-0.4, -0.2) is 22.1 Å². The lowest BCUT2D eigenvalue weighted by Gasteiger charge is -2.10. The Labute approximate surface area is 93.0 Å². The summed E-state index contributed by atoms with van der Waals surface area (Å²) in [7, 11) is 0. The van der Waals surface area contributed by atoms with E-state index in [-0.39, 0.29) is 5.91 Å². The summed E-state index contributed by atoms with van der Waals surface area (Å²) in [4.78, 5) is 11.6. The second-order valence-corrected chi connectivity index (χ2v) is 3.64. The smallest absolute Gasteiger partial charge is 0.241 e. The fourth-order valence-electron chi connectivity index (χ4n) is 1.49. The number of nitrogens with two attached hydrogens (primary N) is 1. The highest BCUT2D eigenvalue weighted by molar-refractivity contribution is 6.02. The lowest BCUT2D eigenvalue weighted by molar-refractivity contribution is -0.117. The van der Waals surface area contributed by atoms with Gasteiger partial charge in [0.2, 0.25) is 5.91 Å². The summed E-state index contributed by atoms with van der Waals surface area (Å²) in [5, 5.41) is 10.5. The minimum Gasteiger partial charge on any atom is -0.324 e. The second-order valence-electron chi connectivity index (χ2n) is 3.64. The van der Waals surface area contributed by atoms with Crippen LogP contribution in [0.3, 0.4) is 0 Å². The zero-order valence-corrected chi connectivity index (χ0v) is 9.03.